The van der Waals surface area contributed by atoms with Gasteiger partial charge in [0.2, 0.25) is 0 Å². The van der Waals surface area contributed by atoms with Crippen molar-refractivity contribution in [3.05, 3.63) is 47.5 Å². The number of furan rings is 1. The summed E-state index contributed by atoms with van der Waals surface area (Å²) < 4.78 is 5.04. The monoisotopic (exact) mass is 261 g/mol. The largest absolute Gasteiger partial charge is 0.440 e. The average molecular weight is 262 g/mol. The van der Waals surface area contributed by atoms with Gasteiger partial charge in [0.15, 0.2) is 11.0 Å². The molecule has 3 rings (SSSR count). The lowest BCUT2D eigenvalue weighted by Gasteiger charge is -2.03. The molecule has 0 saturated heterocycles. The molecule has 0 aliphatic heterocycles. The minimum atomic E-state index is -0.351. The highest BCUT2D eigenvalue weighted by atomic mass is 35.5. The summed E-state index contributed by atoms with van der Waals surface area (Å²) in [5.41, 5.74) is 1.52. The first-order valence-electron chi connectivity index (χ1n) is 5.23. The van der Waals surface area contributed by atoms with Crippen molar-refractivity contribution in [2.24, 2.45) is 0 Å². The average Bonchev–Trinajstić information content (AvgIpc) is 2.97. The summed E-state index contributed by atoms with van der Waals surface area (Å²) in [6, 6.07) is 8.54. The molecule has 0 aliphatic carbocycles. The lowest BCUT2D eigenvalue weighted by molar-refractivity contribution is 0.0997. The van der Waals surface area contributed by atoms with Gasteiger partial charge in [0.1, 0.15) is 0 Å². The second kappa shape index (κ2) is 4.19. The van der Waals surface area contributed by atoms with Crippen LogP contribution in [0.5, 0.6) is 0 Å². The molecule has 0 spiro atoms. The molecule has 0 saturated carbocycles. The molecular formula is C12H8ClN3O2. The molecule has 1 amide bonds. The molecule has 18 heavy (non-hydrogen) atoms. The number of amides is 1. The summed E-state index contributed by atoms with van der Waals surface area (Å²) in [4.78, 5) is 11.9. The number of benzene rings is 1. The topological polar surface area (TPSA) is 70.9 Å². The predicted molar refractivity (Wildman–Crippen MR) is 67.8 cm³/mol. The van der Waals surface area contributed by atoms with E-state index in [-0.39, 0.29) is 16.9 Å². The fourth-order valence-electron chi connectivity index (χ4n) is 1.70. The van der Waals surface area contributed by atoms with Gasteiger partial charge in [-0.2, -0.15) is 5.10 Å². The molecule has 0 fully saturated rings. The van der Waals surface area contributed by atoms with Gasteiger partial charge in [0.25, 0.3) is 5.91 Å². The van der Waals surface area contributed by atoms with E-state index in [1.54, 1.807) is 12.3 Å². The van der Waals surface area contributed by atoms with Crippen LogP contribution in [0.2, 0.25) is 5.22 Å². The number of carbonyl (C=O) groups is 1. The van der Waals surface area contributed by atoms with Gasteiger partial charge >= 0.3 is 0 Å². The maximum Gasteiger partial charge on any atom is 0.291 e. The van der Waals surface area contributed by atoms with Crippen LogP contribution in [0.3, 0.4) is 0 Å². The summed E-state index contributed by atoms with van der Waals surface area (Å²) in [6.45, 7) is 0. The number of nitrogens with one attached hydrogen (secondary N) is 2. The second-order valence-corrected chi connectivity index (χ2v) is 4.07. The fraction of sp³-hybridized carbons (Fsp3) is 0. The van der Waals surface area contributed by atoms with Crippen molar-refractivity contribution in [1.29, 1.82) is 0 Å². The highest BCUT2D eigenvalue weighted by Crippen LogP contribution is 2.22. The van der Waals surface area contributed by atoms with Crippen LogP contribution < -0.4 is 5.32 Å². The molecule has 0 bridgehead atoms. The van der Waals surface area contributed by atoms with Gasteiger partial charge in [0.05, 0.1) is 17.4 Å². The minimum Gasteiger partial charge on any atom is -0.440 e. The Morgan fingerprint density at radius 3 is 3.00 bits per heavy atom. The molecule has 2 aromatic heterocycles. The Labute approximate surface area is 107 Å². The van der Waals surface area contributed by atoms with Crippen LogP contribution in [-0.4, -0.2) is 16.1 Å². The first kappa shape index (κ1) is 10.9. The van der Waals surface area contributed by atoms with Crippen molar-refractivity contribution >= 4 is 34.1 Å². The maximum atomic E-state index is 11.9. The molecule has 3 aromatic rings. The van der Waals surface area contributed by atoms with E-state index in [4.69, 9.17) is 16.0 Å². The normalized spacial score (nSPS) is 10.7. The summed E-state index contributed by atoms with van der Waals surface area (Å²) in [7, 11) is 0. The van der Waals surface area contributed by atoms with Gasteiger partial charge < -0.3 is 9.73 Å². The Hall–Kier alpha value is -2.27. The van der Waals surface area contributed by atoms with Crippen molar-refractivity contribution in [2.75, 3.05) is 5.32 Å². The van der Waals surface area contributed by atoms with E-state index in [1.165, 1.54) is 12.1 Å². The van der Waals surface area contributed by atoms with Gasteiger partial charge in [-0.1, -0.05) is 6.07 Å². The summed E-state index contributed by atoms with van der Waals surface area (Å²) in [5.74, 6) is -0.184. The minimum absolute atomic E-state index is 0.167. The lowest BCUT2D eigenvalue weighted by Crippen LogP contribution is -2.10. The third-order valence-corrected chi connectivity index (χ3v) is 2.73. The Morgan fingerprint density at radius 2 is 2.22 bits per heavy atom. The van der Waals surface area contributed by atoms with Crippen LogP contribution in [0.4, 0.5) is 5.69 Å². The second-order valence-electron chi connectivity index (χ2n) is 3.69. The summed E-state index contributed by atoms with van der Waals surface area (Å²) in [5, 5.41) is 10.5. The zero-order valence-corrected chi connectivity index (χ0v) is 9.86. The summed E-state index contributed by atoms with van der Waals surface area (Å²) >= 11 is 5.62. The number of aromatic nitrogens is 2. The molecule has 0 unspecified atom stereocenters. The van der Waals surface area contributed by atoms with Crippen molar-refractivity contribution in [1.82, 2.24) is 10.2 Å². The van der Waals surface area contributed by atoms with Gasteiger partial charge in [-0.15, -0.1) is 0 Å². The van der Waals surface area contributed by atoms with Gasteiger partial charge in [-0.05, 0) is 35.9 Å². The molecule has 90 valence electrons. The van der Waals surface area contributed by atoms with E-state index in [2.05, 4.69) is 15.5 Å². The van der Waals surface area contributed by atoms with E-state index in [1.807, 2.05) is 12.1 Å². The Morgan fingerprint density at radius 1 is 1.33 bits per heavy atom. The predicted octanol–water partition coefficient (Wildman–Crippen LogP) is 3.06. The summed E-state index contributed by atoms with van der Waals surface area (Å²) in [6.07, 6.45) is 1.65. The van der Waals surface area contributed by atoms with E-state index in [9.17, 15) is 4.79 Å². The SMILES string of the molecule is O=C(Nc1cccc2[nH]ncc12)c1ccc(Cl)o1. The molecule has 0 atom stereocenters. The number of nitrogens with zero attached hydrogens (tertiary/aromatic N) is 1. The maximum absolute atomic E-state index is 11.9. The number of rotatable bonds is 2. The van der Waals surface area contributed by atoms with E-state index in [0.29, 0.717) is 5.69 Å². The Kier molecular flexibility index (Phi) is 2.53. The van der Waals surface area contributed by atoms with E-state index in [0.717, 1.165) is 10.9 Å². The van der Waals surface area contributed by atoms with Crippen LogP contribution in [0.25, 0.3) is 10.9 Å². The van der Waals surface area contributed by atoms with Gasteiger partial charge in [-0.25, -0.2) is 0 Å². The number of hydrogen-bond acceptors (Lipinski definition) is 3. The zero-order valence-electron chi connectivity index (χ0n) is 9.11. The third-order valence-electron chi connectivity index (χ3n) is 2.53. The molecule has 6 heteroatoms. The molecule has 1 aromatic carbocycles. The number of carbonyl (C=O) groups excluding carboxylic acids is 1. The number of halogens is 1. The third kappa shape index (κ3) is 1.84. The van der Waals surface area contributed by atoms with Crippen LogP contribution >= 0.6 is 11.6 Å². The van der Waals surface area contributed by atoms with Gasteiger partial charge in [0, 0.05) is 5.39 Å². The zero-order chi connectivity index (χ0) is 12.5. The quantitative estimate of drug-likeness (QED) is 0.745. The van der Waals surface area contributed by atoms with Crippen molar-refractivity contribution in [2.45, 2.75) is 0 Å². The van der Waals surface area contributed by atoms with Crippen molar-refractivity contribution < 1.29 is 9.21 Å². The van der Waals surface area contributed by atoms with Crippen LogP contribution in [0, 0.1) is 0 Å². The van der Waals surface area contributed by atoms with Gasteiger partial charge in [-0.3, -0.25) is 9.89 Å². The Balaban J connectivity index is 1.92. The lowest BCUT2D eigenvalue weighted by atomic mass is 10.2. The highest BCUT2D eigenvalue weighted by Gasteiger charge is 2.12. The van der Waals surface area contributed by atoms with Crippen LogP contribution in [0.1, 0.15) is 10.6 Å². The number of fused-ring (bicyclic) bond motifs is 1. The number of anilines is 1. The molecular weight excluding hydrogens is 254 g/mol. The molecule has 5 nitrogen and oxygen atoms in total. The molecule has 0 aliphatic rings. The molecule has 0 radical (unpaired) electrons. The smallest absolute Gasteiger partial charge is 0.291 e. The van der Waals surface area contributed by atoms with Crippen molar-refractivity contribution in [3.63, 3.8) is 0 Å². The van der Waals surface area contributed by atoms with E-state index < -0.39 is 0 Å². The standard InChI is InChI=1S/C12H8ClN3O2/c13-11-5-4-10(18-11)12(17)15-8-2-1-3-9-7(8)6-14-16-9/h1-6H,(H,14,16)(H,15,17). The van der Waals surface area contributed by atoms with Crippen LogP contribution in [0.15, 0.2) is 40.9 Å². The Bertz CT molecular complexity index is 717. The van der Waals surface area contributed by atoms with Crippen molar-refractivity contribution in [3.8, 4) is 0 Å². The fourth-order valence-corrected chi connectivity index (χ4v) is 1.84. The van der Waals surface area contributed by atoms with Crippen LogP contribution in [-0.2, 0) is 0 Å². The number of H-pyrrole nitrogens is 1. The van der Waals surface area contributed by atoms with E-state index >= 15 is 0 Å². The first-order valence-corrected chi connectivity index (χ1v) is 5.60. The first-order chi connectivity index (χ1) is 8.74. The number of hydrogen-bond donors (Lipinski definition) is 2. The number of aromatic amines is 1. The molecule has 2 heterocycles. The molecule has 2 N–H and O–H groups in total. The highest BCUT2D eigenvalue weighted by molar-refractivity contribution is 6.29.